The lowest BCUT2D eigenvalue weighted by molar-refractivity contribution is 0.185. The monoisotopic (exact) mass is 253 g/mol. The molecule has 0 aromatic heterocycles. The molecule has 1 saturated carbocycles. The second kappa shape index (κ2) is 5.87. The highest BCUT2D eigenvalue weighted by molar-refractivity contribution is 7.69. The van der Waals surface area contributed by atoms with Crippen LogP contribution in [0.15, 0.2) is 0 Å². The second-order valence-corrected chi connectivity index (χ2v) is 9.26. The van der Waals surface area contributed by atoms with Crippen molar-refractivity contribution in [1.29, 1.82) is 0 Å². The van der Waals surface area contributed by atoms with Gasteiger partial charge in [0.2, 0.25) is 0 Å². The van der Waals surface area contributed by atoms with E-state index in [1.807, 2.05) is 5.29 Å². The summed E-state index contributed by atoms with van der Waals surface area (Å²) >= 11 is 0. The topological polar surface area (TPSA) is 0 Å². The fourth-order valence-electron chi connectivity index (χ4n) is 3.78. The van der Waals surface area contributed by atoms with E-state index in [0.29, 0.717) is 7.55 Å². The molecule has 0 aromatic rings. The minimum absolute atomic E-state index is 0.410. The van der Waals surface area contributed by atoms with Crippen LogP contribution in [0.2, 0.25) is 0 Å². The quantitative estimate of drug-likeness (QED) is 0.593. The summed E-state index contributed by atoms with van der Waals surface area (Å²) in [5, 5.41) is 1.95. The van der Waals surface area contributed by atoms with E-state index in [-0.39, 0.29) is 0 Å². The predicted molar refractivity (Wildman–Crippen MR) is 81.4 cm³/mol. The highest BCUT2D eigenvalue weighted by atomic mass is 31.1. The average Bonchev–Trinajstić information content (AvgIpc) is 2.93. The third-order valence-electron chi connectivity index (χ3n) is 4.95. The highest BCUT2D eigenvalue weighted by Crippen LogP contribution is 2.44. The van der Waals surface area contributed by atoms with Crippen LogP contribution in [0.4, 0.5) is 0 Å². The molecule has 0 saturated heterocycles. The Morgan fingerprint density at radius 3 is 2.47 bits per heavy atom. The van der Waals surface area contributed by atoms with Crippen LogP contribution in [-0.2, 0) is 0 Å². The molecule has 0 spiro atoms. The van der Waals surface area contributed by atoms with Gasteiger partial charge >= 0.3 is 0 Å². The maximum absolute atomic E-state index is 2.49. The van der Waals surface area contributed by atoms with Crippen LogP contribution in [0.3, 0.4) is 0 Å². The third kappa shape index (κ3) is 4.09. The number of rotatable bonds is 5. The molecular weight excluding hydrogens is 223 g/mol. The van der Waals surface area contributed by atoms with Crippen LogP contribution < -0.4 is 0 Å². The first-order valence-electron chi connectivity index (χ1n) is 7.64. The summed E-state index contributed by atoms with van der Waals surface area (Å²) in [6.45, 7) is 9.74. The molecule has 0 nitrogen and oxygen atoms in total. The van der Waals surface area contributed by atoms with E-state index in [1.54, 1.807) is 6.42 Å². The maximum atomic E-state index is 2.49. The summed E-state index contributed by atoms with van der Waals surface area (Å²) in [7, 11) is 0.410. The van der Waals surface area contributed by atoms with E-state index in [2.05, 4.69) is 27.4 Å². The summed E-state index contributed by atoms with van der Waals surface area (Å²) < 4.78 is 0. The van der Waals surface area contributed by atoms with Crippen LogP contribution in [0.1, 0.15) is 59.3 Å². The summed E-state index contributed by atoms with van der Waals surface area (Å²) in [6, 6.07) is 0. The Labute approximate surface area is 109 Å². The molecule has 0 aromatic carbocycles. The minimum Gasteiger partial charge on any atom is -0.0651 e. The van der Waals surface area contributed by atoms with Crippen molar-refractivity contribution in [2.24, 2.45) is 23.7 Å². The zero-order valence-electron chi connectivity index (χ0n) is 12.2. The summed E-state index contributed by atoms with van der Waals surface area (Å²) in [5.41, 5.74) is 0. The molecule has 1 aliphatic heterocycles. The molecule has 1 heteroatoms. The fraction of sp³-hybridized carbons (Fsp3) is 0.938. The molecule has 1 aliphatic carbocycles. The fourth-order valence-corrected chi connectivity index (χ4v) is 5.39. The molecule has 0 bridgehead atoms. The van der Waals surface area contributed by atoms with Crippen LogP contribution in [0.25, 0.3) is 0 Å². The van der Waals surface area contributed by atoms with Crippen LogP contribution in [0, 0.1) is 23.7 Å². The Kier molecular flexibility index (Phi) is 4.70. The Morgan fingerprint density at radius 1 is 1.24 bits per heavy atom. The first-order chi connectivity index (χ1) is 8.08. The van der Waals surface area contributed by atoms with Crippen molar-refractivity contribution in [3.8, 4) is 0 Å². The smallest absolute Gasteiger partial charge is 0.0651 e. The highest BCUT2D eigenvalue weighted by Gasteiger charge is 2.36. The van der Waals surface area contributed by atoms with Gasteiger partial charge in [-0.3, -0.25) is 0 Å². The van der Waals surface area contributed by atoms with E-state index < -0.39 is 0 Å². The second-order valence-electron chi connectivity index (χ2n) is 6.92. The molecule has 17 heavy (non-hydrogen) atoms. The molecule has 5 atom stereocenters. The van der Waals surface area contributed by atoms with E-state index >= 15 is 0 Å². The zero-order valence-corrected chi connectivity index (χ0v) is 13.1. The SMILES string of the molecule is CCC(C)CC1CC(C)CC(CC2=[P+](C)C2)C1. The molecular formula is C16H30P+. The largest absolute Gasteiger partial charge is 0.165 e. The van der Waals surface area contributed by atoms with Crippen molar-refractivity contribution < 1.29 is 0 Å². The molecule has 0 N–H and O–H groups in total. The number of hydrogen-bond donors (Lipinski definition) is 0. The Morgan fingerprint density at radius 2 is 1.88 bits per heavy atom. The summed E-state index contributed by atoms with van der Waals surface area (Å²) in [4.78, 5) is 0. The lowest BCUT2D eigenvalue weighted by Crippen LogP contribution is -2.23. The summed E-state index contributed by atoms with van der Waals surface area (Å²) in [5.74, 6) is 4.03. The lowest BCUT2D eigenvalue weighted by Gasteiger charge is -2.34. The Balaban J connectivity index is 1.83. The van der Waals surface area contributed by atoms with Gasteiger partial charge in [0.25, 0.3) is 0 Å². The van der Waals surface area contributed by atoms with E-state index in [9.17, 15) is 0 Å². The van der Waals surface area contributed by atoms with Gasteiger partial charge in [0.15, 0.2) is 6.16 Å². The zero-order chi connectivity index (χ0) is 12.4. The minimum atomic E-state index is 0.410. The van der Waals surface area contributed by atoms with Crippen molar-refractivity contribution >= 4 is 12.8 Å². The lowest BCUT2D eigenvalue weighted by atomic mass is 9.71. The third-order valence-corrected chi connectivity index (χ3v) is 6.85. The molecule has 1 heterocycles. The van der Waals surface area contributed by atoms with Crippen molar-refractivity contribution in [3.05, 3.63) is 0 Å². The van der Waals surface area contributed by atoms with Crippen molar-refractivity contribution in [3.63, 3.8) is 0 Å². The standard InChI is InChI=1S/C16H30P/c1-5-12(2)6-14-7-13(3)8-15(9-14)10-16-11-17(16)4/h12-15H,5-11H2,1-4H3/q+1. The van der Waals surface area contributed by atoms with Gasteiger partial charge in [-0.15, -0.1) is 0 Å². The molecule has 2 rings (SSSR count). The molecule has 5 unspecified atom stereocenters. The molecule has 0 amide bonds. The van der Waals surface area contributed by atoms with Crippen LogP contribution in [-0.4, -0.2) is 18.1 Å². The van der Waals surface area contributed by atoms with Crippen molar-refractivity contribution in [2.45, 2.75) is 59.3 Å². The van der Waals surface area contributed by atoms with Gasteiger partial charge in [-0.25, -0.2) is 0 Å². The van der Waals surface area contributed by atoms with Gasteiger partial charge in [-0.2, -0.15) is 0 Å². The molecule has 2 aliphatic rings. The van der Waals surface area contributed by atoms with Crippen LogP contribution in [0.5, 0.6) is 0 Å². The Hall–Kier alpha value is 0.170. The first kappa shape index (κ1) is 13.6. The van der Waals surface area contributed by atoms with Gasteiger partial charge in [0, 0.05) is 6.42 Å². The molecule has 98 valence electrons. The average molecular weight is 253 g/mol. The predicted octanol–water partition coefficient (Wildman–Crippen LogP) is 5.16. The van der Waals surface area contributed by atoms with Crippen molar-refractivity contribution in [2.75, 3.05) is 12.8 Å². The van der Waals surface area contributed by atoms with Gasteiger partial charge in [0.1, 0.15) is 12.8 Å². The van der Waals surface area contributed by atoms with Gasteiger partial charge in [-0.05, 0) is 49.4 Å². The normalized spacial score (nSPS) is 37.1. The Bertz CT molecular complexity index is 292. The molecule has 1 fully saturated rings. The molecule has 0 radical (unpaired) electrons. The van der Waals surface area contributed by atoms with Gasteiger partial charge in [-0.1, -0.05) is 27.2 Å². The van der Waals surface area contributed by atoms with E-state index in [4.69, 9.17) is 0 Å². The number of hydrogen-bond acceptors (Lipinski definition) is 0. The van der Waals surface area contributed by atoms with E-state index in [1.165, 1.54) is 38.3 Å². The van der Waals surface area contributed by atoms with Crippen molar-refractivity contribution in [1.82, 2.24) is 0 Å². The van der Waals surface area contributed by atoms with Gasteiger partial charge < -0.3 is 0 Å². The van der Waals surface area contributed by atoms with Gasteiger partial charge in [0.05, 0.1) is 6.66 Å². The van der Waals surface area contributed by atoms with Crippen LogP contribution >= 0.6 is 7.55 Å². The maximum Gasteiger partial charge on any atom is 0.165 e. The first-order valence-corrected chi connectivity index (χ1v) is 9.61. The summed E-state index contributed by atoms with van der Waals surface area (Å²) in [6.07, 6.45) is 10.4. The van der Waals surface area contributed by atoms with E-state index in [0.717, 1.165) is 23.7 Å².